The normalized spacial score (nSPS) is 11.7. The number of aromatic nitrogens is 2. The van der Waals surface area contributed by atoms with Crippen LogP contribution in [0.15, 0.2) is 60.8 Å². The van der Waals surface area contributed by atoms with Gasteiger partial charge in [-0.05, 0) is 30.3 Å². The SMILES string of the molecule is O=C(O)c1ccc(-c2nc(C(=O)c3ccccc3C(F)(F)F)n3ccccc23)c(F)c1F. The van der Waals surface area contributed by atoms with Crippen molar-refractivity contribution in [3.05, 3.63) is 94.9 Å². The Morgan fingerprint density at radius 2 is 1.56 bits per heavy atom. The Balaban J connectivity index is 1.95. The number of carbonyl (C=O) groups is 2. The molecule has 32 heavy (non-hydrogen) atoms. The Morgan fingerprint density at radius 3 is 2.25 bits per heavy atom. The van der Waals surface area contributed by atoms with Crippen LogP contribution in [0.4, 0.5) is 22.0 Å². The quantitative estimate of drug-likeness (QED) is 0.344. The number of benzene rings is 2. The van der Waals surface area contributed by atoms with Crippen molar-refractivity contribution in [1.82, 2.24) is 9.38 Å². The van der Waals surface area contributed by atoms with Crippen LogP contribution < -0.4 is 0 Å². The standard InChI is InChI=1S/C22H11F5N2O3/c23-16-12(8-9-13(17(16)24)21(31)32)18-15-7-3-4-10-29(15)20(28-18)19(30)11-5-1-2-6-14(11)22(25,26)27/h1-10H,(H,31,32). The van der Waals surface area contributed by atoms with Crippen LogP contribution in [0, 0.1) is 11.6 Å². The van der Waals surface area contributed by atoms with E-state index >= 15 is 0 Å². The smallest absolute Gasteiger partial charge is 0.417 e. The molecule has 4 aromatic rings. The molecule has 0 aliphatic heterocycles. The van der Waals surface area contributed by atoms with Crippen LogP contribution in [-0.4, -0.2) is 26.2 Å². The van der Waals surface area contributed by atoms with E-state index in [1.807, 2.05) is 0 Å². The van der Waals surface area contributed by atoms with E-state index in [2.05, 4.69) is 4.98 Å². The van der Waals surface area contributed by atoms with E-state index in [9.17, 15) is 31.5 Å². The van der Waals surface area contributed by atoms with Gasteiger partial charge in [-0.25, -0.2) is 18.6 Å². The second-order valence-electron chi connectivity index (χ2n) is 6.71. The highest BCUT2D eigenvalue weighted by molar-refractivity contribution is 6.09. The molecule has 0 aliphatic rings. The minimum absolute atomic E-state index is 0.113. The molecule has 1 N–H and O–H groups in total. The van der Waals surface area contributed by atoms with Crippen LogP contribution >= 0.6 is 0 Å². The molecule has 2 aromatic carbocycles. The molecular formula is C22H11F5N2O3. The lowest BCUT2D eigenvalue weighted by molar-refractivity contribution is -0.137. The van der Waals surface area contributed by atoms with Gasteiger partial charge >= 0.3 is 12.1 Å². The molecule has 0 amide bonds. The molecule has 0 radical (unpaired) electrons. The fourth-order valence-electron chi connectivity index (χ4n) is 3.34. The lowest BCUT2D eigenvalue weighted by atomic mass is 10.0. The second kappa shape index (κ2) is 7.56. The molecular weight excluding hydrogens is 435 g/mol. The third kappa shape index (κ3) is 3.39. The molecule has 0 unspecified atom stereocenters. The van der Waals surface area contributed by atoms with Gasteiger partial charge < -0.3 is 5.11 Å². The van der Waals surface area contributed by atoms with Gasteiger partial charge in [0.25, 0.3) is 0 Å². The summed E-state index contributed by atoms with van der Waals surface area (Å²) in [6.45, 7) is 0. The van der Waals surface area contributed by atoms with Crippen LogP contribution in [0.1, 0.15) is 32.1 Å². The molecule has 0 saturated carbocycles. The highest BCUT2D eigenvalue weighted by Gasteiger charge is 2.36. The number of aromatic carboxylic acids is 1. The zero-order valence-electron chi connectivity index (χ0n) is 15.8. The fourth-order valence-corrected chi connectivity index (χ4v) is 3.34. The number of carbonyl (C=O) groups excluding carboxylic acids is 1. The topological polar surface area (TPSA) is 71.7 Å². The monoisotopic (exact) mass is 446 g/mol. The number of fused-ring (bicyclic) bond motifs is 1. The van der Waals surface area contributed by atoms with E-state index in [1.165, 1.54) is 30.5 Å². The number of pyridine rings is 1. The highest BCUT2D eigenvalue weighted by Crippen LogP contribution is 2.34. The Bertz CT molecular complexity index is 1390. The van der Waals surface area contributed by atoms with Gasteiger partial charge in [0, 0.05) is 17.3 Å². The number of carboxylic acid groups (broad SMARTS) is 1. The van der Waals surface area contributed by atoms with Gasteiger partial charge in [0.2, 0.25) is 5.78 Å². The van der Waals surface area contributed by atoms with Crippen LogP contribution in [-0.2, 0) is 6.18 Å². The number of carboxylic acids is 1. The predicted octanol–water partition coefficient (Wildman–Crippen LogP) is 5.23. The largest absolute Gasteiger partial charge is 0.478 e. The Hall–Kier alpha value is -4.08. The zero-order valence-corrected chi connectivity index (χ0v) is 15.8. The van der Waals surface area contributed by atoms with E-state index in [1.54, 1.807) is 0 Å². The summed E-state index contributed by atoms with van der Waals surface area (Å²) < 4.78 is 70.2. The maximum atomic E-state index is 14.7. The maximum Gasteiger partial charge on any atom is 0.417 e. The number of halogens is 5. The second-order valence-corrected chi connectivity index (χ2v) is 6.71. The Labute approximate surface area is 176 Å². The number of imidazole rings is 1. The molecule has 0 fully saturated rings. The molecule has 0 aliphatic carbocycles. The number of rotatable bonds is 4. The molecule has 162 valence electrons. The summed E-state index contributed by atoms with van der Waals surface area (Å²) in [4.78, 5) is 28.1. The van der Waals surface area contributed by atoms with Gasteiger partial charge in [0.1, 0.15) is 0 Å². The first-order valence-electron chi connectivity index (χ1n) is 9.01. The van der Waals surface area contributed by atoms with Crippen molar-refractivity contribution in [3.63, 3.8) is 0 Å². The van der Waals surface area contributed by atoms with Crippen molar-refractivity contribution in [2.75, 3.05) is 0 Å². The van der Waals surface area contributed by atoms with Crippen molar-refractivity contribution in [2.45, 2.75) is 6.18 Å². The molecule has 4 rings (SSSR count). The minimum Gasteiger partial charge on any atom is -0.478 e. The average molecular weight is 446 g/mol. The van der Waals surface area contributed by atoms with Crippen LogP contribution in [0.3, 0.4) is 0 Å². The molecule has 0 atom stereocenters. The Kier molecular flexibility index (Phi) is 5.00. The summed E-state index contributed by atoms with van der Waals surface area (Å²) in [5, 5.41) is 8.96. The van der Waals surface area contributed by atoms with Crippen molar-refractivity contribution < 1.29 is 36.6 Å². The van der Waals surface area contributed by atoms with Crippen LogP contribution in [0.2, 0.25) is 0 Å². The lowest BCUT2D eigenvalue weighted by Gasteiger charge is -2.11. The third-order valence-electron chi connectivity index (χ3n) is 4.80. The van der Waals surface area contributed by atoms with E-state index in [0.29, 0.717) is 0 Å². The number of hydrogen-bond donors (Lipinski definition) is 1. The predicted molar refractivity (Wildman–Crippen MR) is 102 cm³/mol. The van der Waals surface area contributed by atoms with Crippen LogP contribution in [0.5, 0.6) is 0 Å². The summed E-state index contributed by atoms with van der Waals surface area (Å²) in [5.74, 6) is -6.34. The van der Waals surface area contributed by atoms with E-state index < -0.39 is 57.6 Å². The lowest BCUT2D eigenvalue weighted by Crippen LogP contribution is -2.15. The summed E-state index contributed by atoms with van der Waals surface area (Å²) >= 11 is 0. The highest BCUT2D eigenvalue weighted by atomic mass is 19.4. The van der Waals surface area contributed by atoms with E-state index in [0.717, 1.165) is 34.7 Å². The van der Waals surface area contributed by atoms with Gasteiger partial charge in [-0.15, -0.1) is 0 Å². The summed E-state index contributed by atoms with van der Waals surface area (Å²) in [7, 11) is 0. The number of hydrogen-bond acceptors (Lipinski definition) is 3. The van der Waals surface area contributed by atoms with Gasteiger partial charge in [-0.3, -0.25) is 9.20 Å². The molecule has 5 nitrogen and oxygen atoms in total. The number of nitrogens with zero attached hydrogens (tertiary/aromatic N) is 2. The van der Waals surface area contributed by atoms with E-state index in [4.69, 9.17) is 5.11 Å². The van der Waals surface area contributed by atoms with E-state index in [-0.39, 0.29) is 11.2 Å². The Morgan fingerprint density at radius 1 is 0.875 bits per heavy atom. The minimum atomic E-state index is -4.80. The fraction of sp³-hybridized carbons (Fsp3) is 0.0455. The molecule has 10 heteroatoms. The van der Waals surface area contributed by atoms with Gasteiger partial charge in [-0.2, -0.15) is 13.2 Å². The zero-order chi connectivity index (χ0) is 23.2. The molecule has 0 spiro atoms. The number of ketones is 1. The maximum absolute atomic E-state index is 14.7. The van der Waals surface area contributed by atoms with Gasteiger partial charge in [0.15, 0.2) is 17.5 Å². The van der Waals surface area contributed by atoms with Crippen molar-refractivity contribution in [3.8, 4) is 11.3 Å². The van der Waals surface area contributed by atoms with Gasteiger partial charge in [-0.1, -0.05) is 24.3 Å². The summed E-state index contributed by atoms with van der Waals surface area (Å²) in [5.41, 5.74) is -3.28. The van der Waals surface area contributed by atoms with Gasteiger partial charge in [0.05, 0.1) is 22.3 Å². The van der Waals surface area contributed by atoms with Crippen molar-refractivity contribution in [1.29, 1.82) is 0 Å². The molecule has 2 aromatic heterocycles. The number of alkyl halides is 3. The molecule has 0 bridgehead atoms. The molecule has 2 heterocycles. The summed E-state index contributed by atoms with van der Waals surface area (Å²) in [6, 6.07) is 10.4. The van der Waals surface area contributed by atoms with Crippen molar-refractivity contribution >= 4 is 17.3 Å². The molecule has 0 saturated heterocycles. The first kappa shape index (κ1) is 21.2. The third-order valence-corrected chi connectivity index (χ3v) is 4.80. The summed E-state index contributed by atoms with van der Waals surface area (Å²) in [6.07, 6.45) is -3.46. The first-order valence-corrected chi connectivity index (χ1v) is 9.01. The van der Waals surface area contributed by atoms with Crippen molar-refractivity contribution in [2.24, 2.45) is 0 Å². The average Bonchev–Trinajstić information content (AvgIpc) is 3.14. The van der Waals surface area contributed by atoms with Crippen LogP contribution in [0.25, 0.3) is 16.8 Å². The first-order chi connectivity index (χ1) is 15.1.